The molecule has 0 fully saturated rings. The molecule has 2 amide bonds. The first kappa shape index (κ1) is 29.2. The van der Waals surface area contributed by atoms with E-state index in [2.05, 4.69) is 54.2 Å². The van der Waals surface area contributed by atoms with Crippen molar-refractivity contribution in [1.29, 1.82) is 0 Å². The van der Waals surface area contributed by atoms with Gasteiger partial charge in [-0.1, -0.05) is 4.67 Å². The van der Waals surface area contributed by atoms with Gasteiger partial charge in [0.05, 0.1) is 33.8 Å². The van der Waals surface area contributed by atoms with Crippen LogP contribution in [0.4, 0.5) is 0 Å². The summed E-state index contributed by atoms with van der Waals surface area (Å²) in [7, 11) is 1.99. The number of carbonyl (C=O) groups excluding carboxylic acids is 2. The summed E-state index contributed by atoms with van der Waals surface area (Å²) in [5.41, 5.74) is 7.80. The first-order valence-electron chi connectivity index (χ1n) is 15.1. The van der Waals surface area contributed by atoms with Crippen molar-refractivity contribution < 1.29 is 9.59 Å². The number of nitrogens with one attached hydrogen (secondary N) is 1. The molecule has 0 aromatic carbocycles. The van der Waals surface area contributed by atoms with Crippen LogP contribution in [0.25, 0.3) is 11.4 Å². The number of aromatic nitrogens is 3. The van der Waals surface area contributed by atoms with E-state index in [1.54, 1.807) is 36.7 Å². The molecule has 1 N–H and O–H groups in total. The Labute approximate surface area is 271 Å². The zero-order chi connectivity index (χ0) is 32.2. The number of amides is 2. The number of nitrogens with zero attached hydrogens (tertiary/aromatic N) is 7. The molecule has 3 aromatic heterocycles. The first-order chi connectivity index (χ1) is 23.0. The number of fused-ring (bicyclic) bond motifs is 3. The summed E-state index contributed by atoms with van der Waals surface area (Å²) in [5, 5.41) is 2.95. The third-order valence-electron chi connectivity index (χ3n) is 7.82. The predicted molar refractivity (Wildman–Crippen MR) is 182 cm³/mol. The lowest BCUT2D eigenvalue weighted by atomic mass is 9.91. The van der Waals surface area contributed by atoms with Gasteiger partial charge in [-0.3, -0.25) is 19.6 Å². The third kappa shape index (κ3) is 6.35. The summed E-state index contributed by atoms with van der Waals surface area (Å²) in [6.07, 6.45) is 28.4. The maximum absolute atomic E-state index is 13.1. The van der Waals surface area contributed by atoms with Crippen molar-refractivity contribution >= 4 is 29.5 Å². The number of carbonyl (C=O) groups is 2. The zero-order valence-electron chi connectivity index (χ0n) is 25.5. The molecule has 0 spiro atoms. The Bertz CT molecular complexity index is 2060. The number of hydrogen-bond donors (Lipinski definition) is 1. The van der Waals surface area contributed by atoms with Gasteiger partial charge in [-0.2, -0.15) is 0 Å². The van der Waals surface area contributed by atoms with Crippen LogP contribution < -0.4 is 9.98 Å². The highest BCUT2D eigenvalue weighted by Gasteiger charge is 2.31. The van der Waals surface area contributed by atoms with Crippen LogP contribution in [0, 0.1) is 0 Å². The Kier molecular flexibility index (Phi) is 7.98. The fourth-order valence-electron chi connectivity index (χ4n) is 5.27. The lowest BCUT2D eigenvalue weighted by molar-refractivity contribution is 0.0950. The largest absolute Gasteiger partial charge is 0.360 e. The molecular weight excluding hydrogens is 588 g/mol. The minimum Gasteiger partial charge on any atom is -0.357 e. The van der Waals surface area contributed by atoms with Gasteiger partial charge in [0.15, 0.2) is 5.69 Å². The normalized spacial score (nSPS) is 16.7. The number of aliphatic imine (C=N–C) groups is 1. The van der Waals surface area contributed by atoms with Crippen LogP contribution in [0.1, 0.15) is 32.0 Å². The average Bonchev–Trinajstić information content (AvgIpc) is 3.12. The Morgan fingerprint density at radius 2 is 1.55 bits per heavy atom. The van der Waals surface area contributed by atoms with Crippen molar-refractivity contribution in [2.75, 3.05) is 20.1 Å². The molecule has 0 saturated heterocycles. The number of pyridine rings is 3. The number of rotatable bonds is 6. The van der Waals surface area contributed by atoms with Crippen LogP contribution in [-0.4, -0.2) is 74.3 Å². The fourth-order valence-corrected chi connectivity index (χ4v) is 5.27. The molecule has 6 heterocycles. The quantitative estimate of drug-likeness (QED) is 0.417. The number of allylic oxidation sites excluding steroid dienone is 10. The fraction of sp³-hybridized carbons (Fsp3) is 0.0811. The molecule has 0 atom stereocenters. The van der Waals surface area contributed by atoms with E-state index in [4.69, 9.17) is 0 Å². The molecule has 0 saturated carbocycles. The molecule has 0 radical (unpaired) electrons. The van der Waals surface area contributed by atoms with Crippen LogP contribution in [-0.2, 0) is 0 Å². The van der Waals surface area contributed by atoms with Crippen LogP contribution in [0.5, 0.6) is 0 Å². The molecule has 10 heteroatoms. The molecule has 0 bridgehead atoms. The van der Waals surface area contributed by atoms with Crippen molar-refractivity contribution in [2.24, 2.45) is 4.99 Å². The zero-order valence-corrected chi connectivity index (χ0v) is 25.5. The molecule has 10 nitrogen and oxygen atoms in total. The van der Waals surface area contributed by atoms with E-state index in [1.807, 2.05) is 72.0 Å². The summed E-state index contributed by atoms with van der Waals surface area (Å²) in [4.78, 5) is 47.6. The van der Waals surface area contributed by atoms with E-state index in [0.717, 1.165) is 28.0 Å². The van der Waals surface area contributed by atoms with Gasteiger partial charge < -0.3 is 15.1 Å². The monoisotopic (exact) mass is 617 g/mol. The molecule has 3 aliphatic heterocycles. The lowest BCUT2D eigenvalue weighted by Crippen LogP contribution is -2.31. The summed E-state index contributed by atoms with van der Waals surface area (Å²) in [6.45, 7) is 1.10. The Morgan fingerprint density at radius 3 is 2.26 bits per heavy atom. The van der Waals surface area contributed by atoms with E-state index >= 15 is 0 Å². The third-order valence-corrected chi connectivity index (χ3v) is 7.82. The molecule has 228 valence electrons. The van der Waals surface area contributed by atoms with Crippen molar-refractivity contribution in [1.82, 2.24) is 34.7 Å². The maximum atomic E-state index is 13.1. The van der Waals surface area contributed by atoms with E-state index in [9.17, 15) is 9.59 Å². The van der Waals surface area contributed by atoms with Gasteiger partial charge in [0, 0.05) is 75.2 Å². The van der Waals surface area contributed by atoms with E-state index in [0.29, 0.717) is 47.0 Å². The minimum absolute atomic E-state index is 0.207. The maximum Gasteiger partial charge on any atom is 0.360 e. The van der Waals surface area contributed by atoms with Crippen LogP contribution >= 0.6 is 0 Å². The standard InChI is InChI=1S/C37H28N8O2/c1-44-17-10-25(11-18-44)26-12-19-45(20-13-26)21-16-40-36(46)28-6-8-31(41-23-28)32-9-7-29(24-42-32)37(47)43-33-22-27-4-2-14-38-34(27)35-30(33)5-3-15-39-35/h2-15,17-20,22-24H,16,21H2,1H3/p+1. The summed E-state index contributed by atoms with van der Waals surface area (Å²) < 4.78 is 4.45. The molecule has 3 aromatic rings. The number of hydrogen-bond acceptors (Lipinski definition) is 7. The topological polar surface area (TPSA) is 118 Å². The Hall–Kier alpha value is -6.51. The van der Waals surface area contributed by atoms with Crippen molar-refractivity contribution in [3.63, 3.8) is 0 Å². The van der Waals surface area contributed by atoms with Crippen molar-refractivity contribution in [3.05, 3.63) is 161 Å². The second-order valence-electron chi connectivity index (χ2n) is 11.0. The molecule has 47 heavy (non-hydrogen) atoms. The van der Waals surface area contributed by atoms with Gasteiger partial charge in [-0.05, 0) is 84.0 Å². The molecule has 1 aliphatic carbocycles. The predicted octanol–water partition coefficient (Wildman–Crippen LogP) is 3.95. The van der Waals surface area contributed by atoms with Gasteiger partial charge >= 0.3 is 5.71 Å². The highest BCUT2D eigenvalue weighted by molar-refractivity contribution is 6.30. The summed E-state index contributed by atoms with van der Waals surface area (Å²) in [5.74, 6) is -0.627. The first-order valence-corrected chi connectivity index (χ1v) is 15.1. The van der Waals surface area contributed by atoms with Gasteiger partial charge in [-0.25, -0.2) is 9.98 Å². The highest BCUT2D eigenvalue weighted by atomic mass is 16.2. The van der Waals surface area contributed by atoms with Crippen molar-refractivity contribution in [2.45, 2.75) is 0 Å². The molecule has 7 rings (SSSR count). The Balaban J connectivity index is 0.951. The van der Waals surface area contributed by atoms with Crippen molar-refractivity contribution in [3.8, 4) is 11.4 Å². The Morgan fingerprint density at radius 1 is 0.851 bits per heavy atom. The highest BCUT2D eigenvalue weighted by Crippen LogP contribution is 2.22. The van der Waals surface area contributed by atoms with Crippen LogP contribution in [0.2, 0.25) is 0 Å². The van der Waals surface area contributed by atoms with Crippen LogP contribution in [0.3, 0.4) is 0 Å². The summed E-state index contributed by atoms with van der Waals surface area (Å²) >= 11 is 0. The second kappa shape index (κ2) is 12.8. The van der Waals surface area contributed by atoms with Gasteiger partial charge in [-0.15, -0.1) is 0 Å². The molecule has 4 aliphatic rings. The SMILES string of the molecule is CN1C=CC(=C2C=CN(CCNC(=O)c3ccc(-c4ccc(C(=O)N=C5C=C6C=CC=[N+]=C6c6ncccc65)cn4)nc3)C=C2)C=C1. The van der Waals surface area contributed by atoms with E-state index in [-0.39, 0.29) is 5.91 Å². The van der Waals surface area contributed by atoms with Gasteiger partial charge in [0.1, 0.15) is 0 Å². The average molecular weight is 618 g/mol. The van der Waals surface area contributed by atoms with E-state index < -0.39 is 5.91 Å². The smallest absolute Gasteiger partial charge is 0.357 e. The van der Waals surface area contributed by atoms with Crippen LogP contribution in [0.15, 0.2) is 144 Å². The van der Waals surface area contributed by atoms with Gasteiger partial charge in [0.25, 0.3) is 18.0 Å². The second-order valence-corrected chi connectivity index (χ2v) is 11.0. The molecule has 0 unspecified atom stereocenters. The van der Waals surface area contributed by atoms with Gasteiger partial charge in [0.2, 0.25) is 0 Å². The lowest BCUT2D eigenvalue weighted by Gasteiger charge is -2.20. The van der Waals surface area contributed by atoms with E-state index in [1.165, 1.54) is 12.4 Å². The molecular formula is C37H29N8O2+. The summed E-state index contributed by atoms with van der Waals surface area (Å²) in [6, 6.07) is 10.5. The minimum atomic E-state index is -0.419.